The predicted octanol–water partition coefficient (Wildman–Crippen LogP) is 3.22. The van der Waals surface area contributed by atoms with Gasteiger partial charge in [-0.3, -0.25) is 4.79 Å². The highest BCUT2D eigenvalue weighted by atomic mass is 32.2. The minimum absolute atomic E-state index is 0.181. The lowest BCUT2D eigenvalue weighted by molar-refractivity contribution is -0.118. The van der Waals surface area contributed by atoms with Crippen molar-refractivity contribution in [3.8, 4) is 22.9 Å². The first-order chi connectivity index (χ1) is 14.6. The van der Waals surface area contributed by atoms with Gasteiger partial charge in [0, 0.05) is 12.1 Å². The van der Waals surface area contributed by atoms with Gasteiger partial charge in [-0.25, -0.2) is 5.43 Å². The van der Waals surface area contributed by atoms with Crippen LogP contribution >= 0.6 is 11.8 Å². The fourth-order valence-electron chi connectivity index (χ4n) is 2.67. The van der Waals surface area contributed by atoms with Gasteiger partial charge in [-0.05, 0) is 61.0 Å². The van der Waals surface area contributed by atoms with Crippen LogP contribution in [0.2, 0.25) is 0 Å². The van der Waals surface area contributed by atoms with E-state index >= 15 is 0 Å². The molecule has 0 bridgehead atoms. The van der Waals surface area contributed by atoms with E-state index in [2.05, 4.69) is 20.7 Å². The van der Waals surface area contributed by atoms with Gasteiger partial charge in [-0.2, -0.15) is 5.10 Å². The maximum Gasteiger partial charge on any atom is 0.250 e. The summed E-state index contributed by atoms with van der Waals surface area (Å²) < 4.78 is 12.3. The lowest BCUT2D eigenvalue weighted by atomic mass is 10.2. The zero-order valence-corrected chi connectivity index (χ0v) is 17.8. The molecule has 0 saturated carbocycles. The molecule has 0 saturated heterocycles. The normalized spacial score (nSPS) is 10.9. The van der Waals surface area contributed by atoms with Crippen LogP contribution in [-0.2, 0) is 11.3 Å². The fraction of sp³-hybridized carbons (Fsp3) is 0.238. The molecule has 8 nitrogen and oxygen atoms in total. The topological polar surface area (TPSA) is 90.6 Å². The third kappa shape index (κ3) is 5.38. The van der Waals surface area contributed by atoms with Crippen LogP contribution in [0, 0.1) is 0 Å². The zero-order valence-electron chi connectivity index (χ0n) is 17.0. The van der Waals surface area contributed by atoms with Crippen molar-refractivity contribution < 1.29 is 14.3 Å². The molecule has 0 unspecified atom stereocenters. The summed E-state index contributed by atoms with van der Waals surface area (Å²) in [5.41, 5.74) is 4.32. The van der Waals surface area contributed by atoms with Crippen molar-refractivity contribution >= 4 is 23.9 Å². The van der Waals surface area contributed by atoms with E-state index in [4.69, 9.17) is 9.47 Å². The maximum absolute atomic E-state index is 12.1. The molecule has 1 amide bonds. The summed E-state index contributed by atoms with van der Waals surface area (Å²) in [5.74, 6) is 2.26. The molecule has 0 fully saturated rings. The van der Waals surface area contributed by atoms with E-state index in [-0.39, 0.29) is 11.7 Å². The number of thioether (sulfide) groups is 1. The summed E-state index contributed by atoms with van der Waals surface area (Å²) in [4.78, 5) is 12.1. The molecule has 9 heteroatoms. The molecule has 3 rings (SSSR count). The van der Waals surface area contributed by atoms with Gasteiger partial charge in [0.05, 0.1) is 26.2 Å². The number of amides is 1. The third-order valence-electron chi connectivity index (χ3n) is 4.23. The summed E-state index contributed by atoms with van der Waals surface area (Å²) in [6.07, 6.45) is 1.58. The highest BCUT2D eigenvalue weighted by molar-refractivity contribution is 7.99. The summed E-state index contributed by atoms with van der Waals surface area (Å²) in [6, 6.07) is 15.0. The first-order valence-electron chi connectivity index (χ1n) is 9.31. The van der Waals surface area contributed by atoms with E-state index < -0.39 is 0 Å². The number of hydrazone groups is 1. The van der Waals surface area contributed by atoms with Crippen molar-refractivity contribution in [3.05, 3.63) is 54.1 Å². The van der Waals surface area contributed by atoms with Gasteiger partial charge < -0.3 is 14.0 Å². The summed E-state index contributed by atoms with van der Waals surface area (Å²) in [7, 11) is 3.24. The number of ether oxygens (including phenoxy) is 2. The Bertz CT molecular complexity index is 1000. The fourth-order valence-corrected chi connectivity index (χ4v) is 3.46. The first kappa shape index (κ1) is 21.4. The second kappa shape index (κ2) is 10.4. The van der Waals surface area contributed by atoms with Crippen molar-refractivity contribution in [1.82, 2.24) is 20.2 Å². The molecule has 156 valence electrons. The molecule has 30 heavy (non-hydrogen) atoms. The molecule has 0 aliphatic heterocycles. The van der Waals surface area contributed by atoms with Crippen molar-refractivity contribution in [2.75, 3.05) is 20.0 Å². The lowest BCUT2D eigenvalue weighted by Gasteiger charge is -2.07. The lowest BCUT2D eigenvalue weighted by Crippen LogP contribution is -2.20. The molecule has 0 aliphatic rings. The Morgan fingerprint density at radius 3 is 2.30 bits per heavy atom. The van der Waals surface area contributed by atoms with Crippen LogP contribution in [0.15, 0.2) is 58.8 Å². The predicted molar refractivity (Wildman–Crippen MR) is 117 cm³/mol. The SMILES string of the molecule is CCn1c(SCC(=O)N/N=C\c2ccc(OC)cc2)nnc1-c1ccc(OC)cc1. The van der Waals surface area contributed by atoms with Gasteiger partial charge in [0.1, 0.15) is 11.5 Å². The Morgan fingerprint density at radius 1 is 1.07 bits per heavy atom. The van der Waals surface area contributed by atoms with Crippen molar-refractivity contribution in [3.63, 3.8) is 0 Å². The van der Waals surface area contributed by atoms with Gasteiger partial charge in [0.2, 0.25) is 0 Å². The van der Waals surface area contributed by atoms with Crippen molar-refractivity contribution in [2.45, 2.75) is 18.6 Å². The van der Waals surface area contributed by atoms with Crippen molar-refractivity contribution in [1.29, 1.82) is 0 Å². The highest BCUT2D eigenvalue weighted by Crippen LogP contribution is 2.25. The average molecular weight is 426 g/mol. The zero-order chi connectivity index (χ0) is 21.3. The molecule has 1 aromatic heterocycles. The molecular formula is C21H23N5O3S. The van der Waals surface area contributed by atoms with Crippen LogP contribution in [0.4, 0.5) is 0 Å². The van der Waals surface area contributed by atoms with E-state index in [0.29, 0.717) is 11.7 Å². The molecule has 0 spiro atoms. The average Bonchev–Trinajstić information content (AvgIpc) is 3.21. The number of nitrogens with zero attached hydrogens (tertiary/aromatic N) is 4. The van der Waals surface area contributed by atoms with Gasteiger partial charge in [0.25, 0.3) is 5.91 Å². The van der Waals surface area contributed by atoms with Crippen LogP contribution in [0.25, 0.3) is 11.4 Å². The number of hydrogen-bond donors (Lipinski definition) is 1. The molecule has 1 heterocycles. The number of methoxy groups -OCH3 is 2. The van der Waals surface area contributed by atoms with E-state index in [1.54, 1.807) is 20.4 Å². The molecule has 3 aromatic rings. The second-order valence-corrected chi connectivity index (χ2v) is 7.08. The van der Waals surface area contributed by atoms with Crippen LogP contribution in [0.1, 0.15) is 12.5 Å². The number of carbonyl (C=O) groups is 1. The number of nitrogens with one attached hydrogen (secondary N) is 1. The second-order valence-electron chi connectivity index (χ2n) is 6.13. The van der Waals surface area contributed by atoms with Gasteiger partial charge in [0.15, 0.2) is 11.0 Å². The molecule has 0 atom stereocenters. The molecule has 0 radical (unpaired) electrons. The van der Waals surface area contributed by atoms with E-state index in [1.807, 2.05) is 60.0 Å². The Balaban J connectivity index is 1.57. The van der Waals surface area contributed by atoms with Crippen LogP contribution in [0.5, 0.6) is 11.5 Å². The Kier molecular flexibility index (Phi) is 7.45. The monoisotopic (exact) mass is 425 g/mol. The Hall–Kier alpha value is -3.33. The summed E-state index contributed by atoms with van der Waals surface area (Å²) >= 11 is 1.32. The molecular weight excluding hydrogens is 402 g/mol. The van der Waals surface area contributed by atoms with Gasteiger partial charge >= 0.3 is 0 Å². The third-order valence-corrected chi connectivity index (χ3v) is 5.20. The molecule has 2 aromatic carbocycles. The van der Waals surface area contributed by atoms with Crippen LogP contribution in [-0.4, -0.2) is 46.9 Å². The number of hydrogen-bond acceptors (Lipinski definition) is 7. The van der Waals surface area contributed by atoms with Gasteiger partial charge in [-0.15, -0.1) is 10.2 Å². The number of aromatic nitrogens is 3. The highest BCUT2D eigenvalue weighted by Gasteiger charge is 2.14. The summed E-state index contributed by atoms with van der Waals surface area (Å²) in [5, 5.41) is 13.2. The maximum atomic E-state index is 12.1. The largest absolute Gasteiger partial charge is 0.497 e. The smallest absolute Gasteiger partial charge is 0.250 e. The number of rotatable bonds is 9. The van der Waals surface area contributed by atoms with Gasteiger partial charge in [-0.1, -0.05) is 11.8 Å². The first-order valence-corrected chi connectivity index (χ1v) is 10.3. The minimum Gasteiger partial charge on any atom is -0.497 e. The van der Waals surface area contributed by atoms with E-state index in [1.165, 1.54) is 11.8 Å². The molecule has 0 aliphatic carbocycles. The van der Waals surface area contributed by atoms with Crippen molar-refractivity contribution in [2.24, 2.45) is 5.10 Å². The van der Waals surface area contributed by atoms with E-state index in [9.17, 15) is 4.79 Å². The Morgan fingerprint density at radius 2 is 1.70 bits per heavy atom. The summed E-state index contributed by atoms with van der Waals surface area (Å²) in [6.45, 7) is 2.70. The van der Waals surface area contributed by atoms with E-state index in [0.717, 1.165) is 28.5 Å². The number of carbonyl (C=O) groups excluding carboxylic acids is 1. The minimum atomic E-state index is -0.221. The van der Waals surface area contributed by atoms with Crippen LogP contribution < -0.4 is 14.9 Å². The van der Waals surface area contributed by atoms with Crippen LogP contribution in [0.3, 0.4) is 0 Å². The Labute approximate surface area is 179 Å². The molecule has 1 N–H and O–H groups in total. The standard InChI is InChI=1S/C21H23N5O3S/c1-4-26-20(16-7-11-18(29-3)12-8-16)24-25-21(26)30-14-19(27)23-22-13-15-5-9-17(28-2)10-6-15/h5-13H,4,14H2,1-3H3,(H,23,27)/b22-13-. The quantitative estimate of drug-likeness (QED) is 0.322. The number of benzene rings is 2.